The molecule has 1 aromatic heterocycles. The van der Waals surface area contributed by atoms with Crippen molar-refractivity contribution in [2.45, 2.75) is 18.7 Å². The largest absolute Gasteiger partial charge is 0.271 e. The summed E-state index contributed by atoms with van der Waals surface area (Å²) in [4.78, 5) is 12.7. The van der Waals surface area contributed by atoms with Crippen molar-refractivity contribution in [2.24, 2.45) is 10.2 Å². The van der Waals surface area contributed by atoms with Crippen LogP contribution in [-0.2, 0) is 0 Å². The van der Waals surface area contributed by atoms with E-state index >= 15 is 0 Å². The maximum atomic E-state index is 4.22. The first-order valence-corrected chi connectivity index (χ1v) is 6.62. The zero-order valence-electron chi connectivity index (χ0n) is 10.5. The highest BCUT2D eigenvalue weighted by Crippen LogP contribution is 2.33. The Hall–Kier alpha value is -1.82. The van der Waals surface area contributed by atoms with Gasteiger partial charge in [0.15, 0.2) is 0 Å². The Morgan fingerprint density at radius 3 is 2.44 bits per heavy atom. The zero-order valence-corrected chi connectivity index (χ0v) is 11.3. The SMILES string of the molecule is CSc1c(C)cc(C)cc1N=Nc1ncncn1. The smallest absolute Gasteiger partial charge is 0.225 e. The Labute approximate surface area is 110 Å². The summed E-state index contributed by atoms with van der Waals surface area (Å²) < 4.78 is 0. The Morgan fingerprint density at radius 1 is 1.06 bits per heavy atom. The summed E-state index contributed by atoms with van der Waals surface area (Å²) in [6.45, 7) is 4.11. The molecule has 0 saturated heterocycles. The molecule has 0 amide bonds. The monoisotopic (exact) mass is 259 g/mol. The van der Waals surface area contributed by atoms with E-state index < -0.39 is 0 Å². The van der Waals surface area contributed by atoms with Crippen molar-refractivity contribution in [2.75, 3.05) is 6.26 Å². The number of aryl methyl sites for hydroxylation is 2. The van der Waals surface area contributed by atoms with Gasteiger partial charge in [0.05, 0.1) is 5.69 Å². The highest BCUT2D eigenvalue weighted by atomic mass is 32.2. The lowest BCUT2D eigenvalue weighted by Crippen LogP contribution is -1.83. The summed E-state index contributed by atoms with van der Waals surface area (Å²) in [6.07, 6.45) is 4.83. The van der Waals surface area contributed by atoms with Crippen molar-refractivity contribution in [1.29, 1.82) is 0 Å². The fraction of sp³-hybridized carbons (Fsp3) is 0.250. The molecule has 92 valence electrons. The average Bonchev–Trinajstić information content (AvgIpc) is 2.37. The number of rotatable bonds is 3. The van der Waals surface area contributed by atoms with Crippen LogP contribution in [0, 0.1) is 13.8 Å². The molecule has 6 heteroatoms. The second-order valence-corrected chi connectivity index (χ2v) is 4.59. The topological polar surface area (TPSA) is 63.4 Å². The number of benzene rings is 1. The van der Waals surface area contributed by atoms with Gasteiger partial charge in [0, 0.05) is 4.90 Å². The summed E-state index contributed by atoms with van der Waals surface area (Å²) in [5.41, 5.74) is 3.21. The van der Waals surface area contributed by atoms with Crippen LogP contribution < -0.4 is 0 Å². The van der Waals surface area contributed by atoms with Gasteiger partial charge in [0.2, 0.25) is 0 Å². The molecule has 0 bridgehead atoms. The van der Waals surface area contributed by atoms with Gasteiger partial charge in [-0.1, -0.05) is 6.07 Å². The van der Waals surface area contributed by atoms with Crippen LogP contribution in [0.1, 0.15) is 11.1 Å². The zero-order chi connectivity index (χ0) is 13.0. The molecule has 0 radical (unpaired) electrons. The van der Waals surface area contributed by atoms with E-state index in [1.165, 1.54) is 18.2 Å². The van der Waals surface area contributed by atoms with Crippen molar-refractivity contribution in [1.82, 2.24) is 15.0 Å². The van der Waals surface area contributed by atoms with E-state index in [0.29, 0.717) is 5.95 Å². The van der Waals surface area contributed by atoms with Gasteiger partial charge in [-0.15, -0.1) is 22.0 Å². The van der Waals surface area contributed by atoms with Gasteiger partial charge in [-0.3, -0.25) is 0 Å². The molecule has 0 aliphatic rings. The van der Waals surface area contributed by atoms with Gasteiger partial charge >= 0.3 is 0 Å². The normalized spacial score (nSPS) is 11.1. The summed E-state index contributed by atoms with van der Waals surface area (Å²) in [6, 6.07) is 4.14. The molecule has 2 rings (SSSR count). The molecule has 1 heterocycles. The van der Waals surface area contributed by atoms with Crippen LogP contribution in [0.3, 0.4) is 0 Å². The Bertz CT molecular complexity index is 568. The molecule has 0 unspecified atom stereocenters. The second-order valence-electron chi connectivity index (χ2n) is 3.77. The average molecular weight is 259 g/mol. The molecule has 0 atom stereocenters. The van der Waals surface area contributed by atoms with E-state index in [-0.39, 0.29) is 0 Å². The standard InChI is InChI=1S/C12H13N5S/c1-8-4-9(2)11(18-3)10(5-8)16-17-12-14-6-13-7-15-12/h4-7H,1-3H3. The fourth-order valence-corrected chi connectivity index (χ4v) is 2.34. The predicted molar refractivity (Wildman–Crippen MR) is 71.7 cm³/mol. The number of aromatic nitrogens is 3. The highest BCUT2D eigenvalue weighted by Gasteiger charge is 2.05. The first-order valence-electron chi connectivity index (χ1n) is 5.39. The first kappa shape index (κ1) is 12.6. The maximum Gasteiger partial charge on any atom is 0.271 e. The van der Waals surface area contributed by atoms with Crippen LogP contribution in [0.2, 0.25) is 0 Å². The Morgan fingerprint density at radius 2 is 1.78 bits per heavy atom. The van der Waals surface area contributed by atoms with Gasteiger partial charge in [0.1, 0.15) is 12.7 Å². The molecule has 0 saturated carbocycles. The van der Waals surface area contributed by atoms with Gasteiger partial charge in [0.25, 0.3) is 5.95 Å². The van der Waals surface area contributed by atoms with Crippen molar-refractivity contribution in [3.05, 3.63) is 35.9 Å². The first-order chi connectivity index (χ1) is 8.70. The lowest BCUT2D eigenvalue weighted by molar-refractivity contribution is 0.995. The number of azo groups is 1. The van der Waals surface area contributed by atoms with E-state index in [4.69, 9.17) is 0 Å². The molecule has 2 aromatic rings. The minimum absolute atomic E-state index is 0.316. The van der Waals surface area contributed by atoms with Crippen LogP contribution in [0.25, 0.3) is 0 Å². The number of hydrogen-bond acceptors (Lipinski definition) is 6. The van der Waals surface area contributed by atoms with Crippen LogP contribution in [-0.4, -0.2) is 21.2 Å². The van der Waals surface area contributed by atoms with Crippen LogP contribution in [0.4, 0.5) is 11.6 Å². The number of nitrogens with zero attached hydrogens (tertiary/aromatic N) is 5. The Balaban J connectivity index is 2.37. The summed E-state index contributed by atoms with van der Waals surface area (Å²) in [5.74, 6) is 0.316. The molecule has 0 aliphatic carbocycles. The van der Waals surface area contributed by atoms with Crippen molar-refractivity contribution >= 4 is 23.4 Å². The molecule has 0 N–H and O–H groups in total. The van der Waals surface area contributed by atoms with E-state index in [9.17, 15) is 0 Å². The maximum absolute atomic E-state index is 4.22. The Kier molecular flexibility index (Phi) is 3.99. The molecule has 0 fully saturated rings. The molecular weight excluding hydrogens is 246 g/mol. The van der Waals surface area contributed by atoms with Gasteiger partial charge in [-0.05, 0) is 37.3 Å². The number of hydrogen-bond donors (Lipinski definition) is 0. The third-order valence-electron chi connectivity index (χ3n) is 2.33. The minimum atomic E-state index is 0.316. The minimum Gasteiger partial charge on any atom is -0.225 e. The van der Waals surface area contributed by atoms with E-state index in [0.717, 1.165) is 16.1 Å². The van der Waals surface area contributed by atoms with Crippen molar-refractivity contribution in [3.63, 3.8) is 0 Å². The quantitative estimate of drug-likeness (QED) is 0.623. The second kappa shape index (κ2) is 5.68. The summed E-state index contributed by atoms with van der Waals surface area (Å²) >= 11 is 1.66. The van der Waals surface area contributed by atoms with Gasteiger partial charge in [-0.2, -0.15) is 9.97 Å². The van der Waals surface area contributed by atoms with Crippen LogP contribution >= 0.6 is 11.8 Å². The predicted octanol–water partition coefficient (Wildman–Crippen LogP) is 3.63. The van der Waals surface area contributed by atoms with Crippen LogP contribution in [0.5, 0.6) is 0 Å². The van der Waals surface area contributed by atoms with Crippen LogP contribution in [0.15, 0.2) is 39.9 Å². The molecular formula is C12H13N5S. The van der Waals surface area contributed by atoms with E-state index in [1.54, 1.807) is 11.8 Å². The van der Waals surface area contributed by atoms with Gasteiger partial charge in [-0.25, -0.2) is 4.98 Å². The van der Waals surface area contributed by atoms with Crippen molar-refractivity contribution in [3.8, 4) is 0 Å². The van der Waals surface area contributed by atoms with Gasteiger partial charge < -0.3 is 0 Å². The highest BCUT2D eigenvalue weighted by molar-refractivity contribution is 7.98. The number of thioether (sulfide) groups is 1. The lowest BCUT2D eigenvalue weighted by Gasteiger charge is -2.06. The summed E-state index contributed by atoms with van der Waals surface area (Å²) in [7, 11) is 0. The van der Waals surface area contributed by atoms with E-state index in [1.807, 2.05) is 19.2 Å². The molecule has 1 aromatic carbocycles. The molecule has 18 heavy (non-hydrogen) atoms. The fourth-order valence-electron chi connectivity index (χ4n) is 1.66. The van der Waals surface area contributed by atoms with E-state index in [2.05, 4.69) is 38.2 Å². The third kappa shape index (κ3) is 2.89. The molecule has 0 aliphatic heterocycles. The summed E-state index contributed by atoms with van der Waals surface area (Å²) in [5, 5.41) is 8.24. The lowest BCUT2D eigenvalue weighted by atomic mass is 10.1. The molecule has 0 spiro atoms. The third-order valence-corrected chi connectivity index (χ3v) is 3.27. The molecule has 5 nitrogen and oxygen atoms in total. The van der Waals surface area contributed by atoms with Crippen molar-refractivity contribution < 1.29 is 0 Å².